The highest BCUT2D eigenvalue weighted by Gasteiger charge is 2.31. The summed E-state index contributed by atoms with van der Waals surface area (Å²) >= 11 is 0. The zero-order valence-corrected chi connectivity index (χ0v) is 16.1. The predicted octanol–water partition coefficient (Wildman–Crippen LogP) is 3.49. The molecule has 6 heteroatoms. The van der Waals surface area contributed by atoms with E-state index in [4.69, 9.17) is 9.47 Å². The lowest BCUT2D eigenvalue weighted by Crippen LogP contribution is -2.42. The number of hydrogen-bond donors (Lipinski definition) is 1. The van der Waals surface area contributed by atoms with Crippen LogP contribution < -0.4 is 10.1 Å². The van der Waals surface area contributed by atoms with Crippen LogP contribution >= 0.6 is 0 Å². The number of benzene rings is 1. The monoisotopic (exact) mass is 371 g/mol. The van der Waals surface area contributed by atoms with E-state index in [0.717, 1.165) is 43.5 Å². The number of hydrogen-bond acceptors (Lipinski definition) is 4. The van der Waals surface area contributed by atoms with Gasteiger partial charge in [0.25, 0.3) is 0 Å². The molecule has 1 N–H and O–H groups in total. The number of ether oxygens (including phenoxy) is 2. The van der Waals surface area contributed by atoms with E-state index in [0.29, 0.717) is 6.61 Å². The number of carbonyl (C=O) groups excluding carboxylic acids is 1. The lowest BCUT2D eigenvalue weighted by Gasteiger charge is -2.36. The van der Waals surface area contributed by atoms with Gasteiger partial charge in [-0.2, -0.15) is 0 Å². The van der Waals surface area contributed by atoms with E-state index < -0.39 is 0 Å². The maximum atomic E-state index is 11.5. The molecule has 2 aromatic rings. The largest absolute Gasteiger partial charge is 0.493 e. The van der Waals surface area contributed by atoms with Crippen molar-refractivity contribution in [2.45, 2.75) is 64.3 Å². The summed E-state index contributed by atoms with van der Waals surface area (Å²) in [4.78, 5) is 15.6. The van der Waals surface area contributed by atoms with Crippen LogP contribution in [0, 0.1) is 0 Å². The molecule has 0 bridgehead atoms. The normalized spacial score (nSPS) is 22.4. The van der Waals surface area contributed by atoms with E-state index >= 15 is 0 Å². The lowest BCUT2D eigenvalue weighted by molar-refractivity contribution is -0.122. The number of rotatable bonds is 8. The van der Waals surface area contributed by atoms with E-state index in [1.807, 2.05) is 35.3 Å². The van der Waals surface area contributed by atoms with Crippen LogP contribution in [-0.2, 0) is 16.1 Å². The molecule has 0 radical (unpaired) electrons. The number of nitrogens with zero attached hydrogens (tertiary/aromatic N) is 2. The molecule has 0 unspecified atom stereocenters. The second kappa shape index (κ2) is 9.55. The Morgan fingerprint density at radius 1 is 1.37 bits per heavy atom. The molecule has 6 nitrogen and oxygen atoms in total. The topological polar surface area (TPSA) is 65.4 Å². The van der Waals surface area contributed by atoms with Gasteiger partial charge in [-0.15, -0.1) is 0 Å². The number of nitrogens with one attached hydrogen (secondary N) is 1. The molecule has 1 fully saturated rings. The Hall–Kier alpha value is -2.34. The van der Waals surface area contributed by atoms with Gasteiger partial charge in [0.2, 0.25) is 5.91 Å². The van der Waals surface area contributed by atoms with E-state index in [-0.39, 0.29) is 24.2 Å². The number of para-hydroxylation sites is 1. The quantitative estimate of drug-likeness (QED) is 0.722. The second-order valence-electron chi connectivity index (χ2n) is 7.06. The van der Waals surface area contributed by atoms with Crippen molar-refractivity contribution in [3.8, 4) is 5.75 Å². The first-order valence-corrected chi connectivity index (χ1v) is 9.75. The summed E-state index contributed by atoms with van der Waals surface area (Å²) in [6.45, 7) is 5.21. The first-order chi connectivity index (χ1) is 13.2. The highest BCUT2D eigenvalue weighted by Crippen LogP contribution is 2.37. The zero-order chi connectivity index (χ0) is 19.1. The minimum atomic E-state index is -0.0644. The number of aromatic nitrogens is 2. The van der Waals surface area contributed by atoms with E-state index in [1.54, 1.807) is 13.1 Å². The molecule has 1 aliphatic heterocycles. The van der Waals surface area contributed by atoms with Crippen LogP contribution in [0.5, 0.6) is 5.75 Å². The van der Waals surface area contributed by atoms with E-state index in [1.165, 1.54) is 0 Å². The number of imidazole rings is 1. The molecule has 1 aromatic carbocycles. The van der Waals surface area contributed by atoms with Crippen LogP contribution in [0.3, 0.4) is 0 Å². The summed E-state index contributed by atoms with van der Waals surface area (Å²) in [6, 6.07) is 8.21. The first kappa shape index (κ1) is 19.4. The van der Waals surface area contributed by atoms with Gasteiger partial charge >= 0.3 is 0 Å². The minimum absolute atomic E-state index is 0.0135. The Morgan fingerprint density at radius 2 is 2.22 bits per heavy atom. The summed E-state index contributed by atoms with van der Waals surface area (Å²) in [5.41, 5.74) is 1.06. The van der Waals surface area contributed by atoms with Gasteiger partial charge < -0.3 is 19.4 Å². The highest BCUT2D eigenvalue weighted by atomic mass is 16.5. The Kier molecular flexibility index (Phi) is 6.87. The predicted molar refractivity (Wildman–Crippen MR) is 104 cm³/mol. The zero-order valence-electron chi connectivity index (χ0n) is 16.1. The summed E-state index contributed by atoms with van der Waals surface area (Å²) in [5.74, 6) is 0.881. The summed E-state index contributed by atoms with van der Waals surface area (Å²) in [5, 5.41) is 3.06. The Balaban J connectivity index is 1.63. The number of aryl methyl sites for hydroxylation is 1. The van der Waals surface area contributed by atoms with E-state index in [2.05, 4.69) is 23.3 Å². The molecule has 1 saturated heterocycles. The third kappa shape index (κ3) is 5.57. The van der Waals surface area contributed by atoms with Crippen LogP contribution in [0.4, 0.5) is 0 Å². The molecular weight excluding hydrogens is 342 g/mol. The van der Waals surface area contributed by atoms with E-state index in [9.17, 15) is 4.79 Å². The van der Waals surface area contributed by atoms with Crippen molar-refractivity contribution in [1.29, 1.82) is 0 Å². The van der Waals surface area contributed by atoms with Crippen molar-refractivity contribution in [1.82, 2.24) is 14.9 Å². The van der Waals surface area contributed by atoms with Crippen LogP contribution in [0.25, 0.3) is 0 Å². The van der Waals surface area contributed by atoms with Crippen molar-refractivity contribution in [3.63, 3.8) is 0 Å². The third-order valence-electron chi connectivity index (χ3n) is 4.91. The van der Waals surface area contributed by atoms with Gasteiger partial charge in [0.15, 0.2) is 0 Å². The molecule has 27 heavy (non-hydrogen) atoms. The minimum Gasteiger partial charge on any atom is -0.493 e. The van der Waals surface area contributed by atoms with Crippen LogP contribution in [0.1, 0.15) is 51.2 Å². The third-order valence-corrected chi connectivity index (χ3v) is 4.91. The fraction of sp³-hybridized carbons (Fsp3) is 0.524. The van der Waals surface area contributed by atoms with Crippen molar-refractivity contribution in [3.05, 3.63) is 48.5 Å². The second-order valence-corrected chi connectivity index (χ2v) is 7.06. The molecule has 0 spiro atoms. The molecule has 1 aromatic heterocycles. The van der Waals surface area contributed by atoms with Crippen LogP contribution in [0.15, 0.2) is 43.0 Å². The van der Waals surface area contributed by atoms with Crippen molar-refractivity contribution < 1.29 is 14.3 Å². The van der Waals surface area contributed by atoms with Gasteiger partial charge in [-0.05, 0) is 31.7 Å². The Bertz CT molecular complexity index is 717. The molecule has 1 amide bonds. The molecule has 1 aliphatic rings. The summed E-state index contributed by atoms with van der Waals surface area (Å²) in [6.07, 6.45) is 9.11. The van der Waals surface area contributed by atoms with Crippen LogP contribution in [-0.4, -0.2) is 34.2 Å². The average molecular weight is 371 g/mol. The van der Waals surface area contributed by atoms with Crippen molar-refractivity contribution in [2.75, 3.05) is 6.61 Å². The SMILES string of the molecule is CC[C@H]1C[C@@H](NC(C)=O)C[C@@H](c2ccccc2OCCCn2ccnc2)O1. The number of carbonyl (C=O) groups is 1. The standard InChI is InChI=1S/C21H29N3O3/c1-3-18-13-17(23-16(2)25)14-21(27-18)19-7-4-5-8-20(19)26-12-6-10-24-11-9-22-15-24/h4-5,7-9,11,15,17-18,21H,3,6,10,12-14H2,1-2H3,(H,23,25)/t17-,18+,21+/m1/s1. The van der Waals surface area contributed by atoms with Crippen molar-refractivity contribution >= 4 is 5.91 Å². The maximum absolute atomic E-state index is 11.5. The first-order valence-electron chi connectivity index (χ1n) is 9.75. The fourth-order valence-corrected chi connectivity index (χ4v) is 3.61. The Morgan fingerprint density at radius 3 is 2.96 bits per heavy atom. The fourth-order valence-electron chi connectivity index (χ4n) is 3.61. The number of amides is 1. The van der Waals surface area contributed by atoms with Gasteiger partial charge in [0.1, 0.15) is 5.75 Å². The van der Waals surface area contributed by atoms with Crippen molar-refractivity contribution in [2.24, 2.45) is 0 Å². The lowest BCUT2D eigenvalue weighted by atomic mass is 9.92. The van der Waals surface area contributed by atoms with Gasteiger partial charge in [-0.3, -0.25) is 4.79 Å². The molecular formula is C21H29N3O3. The molecule has 3 atom stereocenters. The summed E-state index contributed by atoms with van der Waals surface area (Å²) < 4.78 is 14.4. The maximum Gasteiger partial charge on any atom is 0.217 e. The van der Waals surface area contributed by atoms with Gasteiger partial charge in [0, 0.05) is 37.5 Å². The molecule has 3 rings (SSSR count). The Labute approximate surface area is 160 Å². The molecule has 0 saturated carbocycles. The van der Waals surface area contributed by atoms with Crippen LogP contribution in [0.2, 0.25) is 0 Å². The molecule has 2 heterocycles. The summed E-state index contributed by atoms with van der Waals surface area (Å²) in [7, 11) is 0. The average Bonchev–Trinajstić information content (AvgIpc) is 3.18. The highest BCUT2D eigenvalue weighted by molar-refractivity contribution is 5.73. The van der Waals surface area contributed by atoms with Gasteiger partial charge in [-0.1, -0.05) is 25.1 Å². The smallest absolute Gasteiger partial charge is 0.217 e. The van der Waals surface area contributed by atoms with Gasteiger partial charge in [-0.25, -0.2) is 4.98 Å². The molecule has 0 aliphatic carbocycles. The molecule has 146 valence electrons. The van der Waals surface area contributed by atoms with Gasteiger partial charge in [0.05, 0.1) is 25.1 Å².